The molecule has 0 atom stereocenters. The summed E-state index contributed by atoms with van der Waals surface area (Å²) in [6, 6.07) is 3.75. The third kappa shape index (κ3) is 3.47. The summed E-state index contributed by atoms with van der Waals surface area (Å²) in [5.41, 5.74) is -0.258. The fourth-order valence-electron chi connectivity index (χ4n) is 3.50. The van der Waals surface area contributed by atoms with Crippen molar-refractivity contribution in [3.63, 3.8) is 0 Å². The number of halogens is 3. The first-order chi connectivity index (χ1) is 12.9. The van der Waals surface area contributed by atoms with E-state index in [9.17, 15) is 13.2 Å². The van der Waals surface area contributed by atoms with Crippen molar-refractivity contribution in [2.45, 2.75) is 38.4 Å². The minimum atomic E-state index is -4.35. The predicted molar refractivity (Wildman–Crippen MR) is 102 cm³/mol. The second-order valence-electron chi connectivity index (χ2n) is 6.57. The number of aromatic nitrogens is 4. The molecule has 144 valence electrons. The Morgan fingerprint density at radius 3 is 2.70 bits per heavy atom. The average molecular weight is 413 g/mol. The molecule has 1 aliphatic heterocycles. The Balaban J connectivity index is 1.52. The standard InChI is InChI=1S/C17H18F3N5S2/c1-2-25-14(22-23-15(25)26)10-5-7-24(8-6-10)16-21-12-9-11(17(18,19)20)3-4-13(12)27-16/h3-4,9-10H,2,5-8H2,1H3,(H,23,26). The van der Waals surface area contributed by atoms with Crippen molar-refractivity contribution in [1.29, 1.82) is 0 Å². The Morgan fingerprint density at radius 1 is 1.30 bits per heavy atom. The van der Waals surface area contributed by atoms with Crippen molar-refractivity contribution in [2.75, 3.05) is 18.0 Å². The van der Waals surface area contributed by atoms with Gasteiger partial charge in [-0.05, 0) is 50.2 Å². The first kappa shape index (κ1) is 18.4. The summed E-state index contributed by atoms with van der Waals surface area (Å²) < 4.78 is 42.1. The lowest BCUT2D eigenvalue weighted by Crippen LogP contribution is -2.33. The lowest BCUT2D eigenvalue weighted by molar-refractivity contribution is -0.137. The molecular weight excluding hydrogens is 395 g/mol. The highest BCUT2D eigenvalue weighted by Crippen LogP contribution is 2.37. The van der Waals surface area contributed by atoms with Gasteiger partial charge in [0.25, 0.3) is 0 Å². The van der Waals surface area contributed by atoms with E-state index in [0.717, 1.165) is 60.3 Å². The monoisotopic (exact) mass is 413 g/mol. The van der Waals surface area contributed by atoms with Crippen molar-refractivity contribution in [3.05, 3.63) is 34.4 Å². The van der Waals surface area contributed by atoms with E-state index in [2.05, 4.69) is 20.1 Å². The molecule has 2 aromatic heterocycles. The van der Waals surface area contributed by atoms with Gasteiger partial charge in [0.15, 0.2) is 9.90 Å². The van der Waals surface area contributed by atoms with Gasteiger partial charge in [-0.2, -0.15) is 18.3 Å². The molecule has 10 heteroatoms. The van der Waals surface area contributed by atoms with E-state index in [1.54, 1.807) is 0 Å². The van der Waals surface area contributed by atoms with Gasteiger partial charge in [-0.3, -0.25) is 5.10 Å². The molecule has 3 heterocycles. The van der Waals surface area contributed by atoms with Crippen LogP contribution in [0.15, 0.2) is 18.2 Å². The quantitative estimate of drug-likeness (QED) is 0.616. The molecule has 1 saturated heterocycles. The number of alkyl halides is 3. The van der Waals surface area contributed by atoms with Crippen LogP contribution in [0.5, 0.6) is 0 Å². The first-order valence-electron chi connectivity index (χ1n) is 8.74. The van der Waals surface area contributed by atoms with E-state index in [-0.39, 0.29) is 0 Å². The molecule has 27 heavy (non-hydrogen) atoms. The molecule has 5 nitrogen and oxygen atoms in total. The fraction of sp³-hybridized carbons (Fsp3) is 0.471. The number of nitrogens with zero attached hydrogens (tertiary/aromatic N) is 4. The molecule has 0 bridgehead atoms. The number of aromatic amines is 1. The van der Waals surface area contributed by atoms with Crippen LogP contribution in [0.25, 0.3) is 10.2 Å². The molecule has 0 spiro atoms. The minimum Gasteiger partial charge on any atom is -0.348 e. The van der Waals surface area contributed by atoms with Gasteiger partial charge in [-0.15, -0.1) is 0 Å². The third-order valence-corrected chi connectivity index (χ3v) is 6.35. The number of anilines is 1. The highest BCUT2D eigenvalue weighted by atomic mass is 32.1. The molecule has 3 aromatic rings. The van der Waals surface area contributed by atoms with Gasteiger partial charge in [-0.25, -0.2) is 4.98 Å². The number of fused-ring (bicyclic) bond motifs is 1. The van der Waals surface area contributed by atoms with Crippen LogP contribution in [0, 0.1) is 4.77 Å². The van der Waals surface area contributed by atoms with Gasteiger partial charge in [-0.1, -0.05) is 11.3 Å². The zero-order valence-electron chi connectivity index (χ0n) is 14.6. The molecule has 1 fully saturated rings. The van der Waals surface area contributed by atoms with Crippen molar-refractivity contribution >= 4 is 38.9 Å². The van der Waals surface area contributed by atoms with Crippen LogP contribution in [-0.2, 0) is 12.7 Å². The van der Waals surface area contributed by atoms with Gasteiger partial charge in [0.05, 0.1) is 15.8 Å². The molecule has 1 N–H and O–H groups in total. The Labute approximate surface area is 162 Å². The molecule has 0 radical (unpaired) electrons. The number of rotatable bonds is 3. The van der Waals surface area contributed by atoms with Gasteiger partial charge < -0.3 is 9.47 Å². The van der Waals surface area contributed by atoms with Crippen LogP contribution in [0.4, 0.5) is 18.3 Å². The zero-order valence-corrected chi connectivity index (χ0v) is 16.2. The number of benzene rings is 1. The number of hydrogen-bond acceptors (Lipinski definition) is 5. The van der Waals surface area contributed by atoms with E-state index < -0.39 is 11.7 Å². The zero-order chi connectivity index (χ0) is 19.2. The normalized spacial score (nSPS) is 16.4. The maximum atomic E-state index is 12.9. The molecule has 0 unspecified atom stereocenters. The van der Waals surface area contributed by atoms with E-state index >= 15 is 0 Å². The minimum absolute atomic E-state index is 0.320. The highest BCUT2D eigenvalue weighted by molar-refractivity contribution is 7.71. The summed E-state index contributed by atoms with van der Waals surface area (Å²) in [7, 11) is 0. The number of piperidine rings is 1. The Hall–Kier alpha value is -1.94. The van der Waals surface area contributed by atoms with E-state index in [4.69, 9.17) is 12.2 Å². The van der Waals surface area contributed by atoms with Crippen molar-refractivity contribution in [1.82, 2.24) is 19.7 Å². The van der Waals surface area contributed by atoms with Crippen LogP contribution in [-0.4, -0.2) is 32.8 Å². The number of thiazole rings is 1. The summed E-state index contributed by atoms with van der Waals surface area (Å²) in [5.74, 6) is 1.31. The molecule has 0 aliphatic carbocycles. The Kier molecular flexibility index (Phi) is 4.71. The van der Waals surface area contributed by atoms with E-state index in [1.807, 2.05) is 11.5 Å². The summed E-state index contributed by atoms with van der Waals surface area (Å²) in [6.07, 6.45) is -2.54. The lowest BCUT2D eigenvalue weighted by atomic mass is 9.96. The van der Waals surface area contributed by atoms with Crippen molar-refractivity contribution in [3.8, 4) is 0 Å². The topological polar surface area (TPSA) is 49.7 Å². The summed E-state index contributed by atoms with van der Waals surface area (Å²) >= 11 is 6.70. The highest BCUT2D eigenvalue weighted by Gasteiger charge is 2.31. The molecular formula is C17H18F3N5S2. The molecule has 1 aliphatic rings. The number of nitrogens with one attached hydrogen (secondary N) is 1. The Morgan fingerprint density at radius 2 is 2.04 bits per heavy atom. The molecule has 1 aromatic carbocycles. The average Bonchev–Trinajstić information content (AvgIpc) is 3.23. The lowest BCUT2D eigenvalue weighted by Gasteiger charge is -2.31. The van der Waals surface area contributed by atoms with E-state index in [0.29, 0.717) is 16.2 Å². The summed E-state index contributed by atoms with van der Waals surface area (Å²) in [4.78, 5) is 6.59. The maximum absolute atomic E-state index is 12.9. The molecule has 0 amide bonds. The van der Waals surface area contributed by atoms with Crippen molar-refractivity contribution < 1.29 is 13.2 Å². The summed E-state index contributed by atoms with van der Waals surface area (Å²) in [6.45, 7) is 4.41. The van der Waals surface area contributed by atoms with Crippen LogP contribution >= 0.6 is 23.6 Å². The van der Waals surface area contributed by atoms with Crippen LogP contribution in [0.1, 0.15) is 37.1 Å². The number of hydrogen-bond donors (Lipinski definition) is 1. The summed E-state index contributed by atoms with van der Waals surface area (Å²) in [5, 5.41) is 8.02. The van der Waals surface area contributed by atoms with Gasteiger partial charge in [0.2, 0.25) is 0 Å². The first-order valence-corrected chi connectivity index (χ1v) is 9.97. The Bertz CT molecular complexity index is 1010. The smallest absolute Gasteiger partial charge is 0.348 e. The third-order valence-electron chi connectivity index (χ3n) is 4.94. The van der Waals surface area contributed by atoms with Gasteiger partial charge in [0, 0.05) is 25.6 Å². The van der Waals surface area contributed by atoms with Gasteiger partial charge >= 0.3 is 6.18 Å². The number of H-pyrrole nitrogens is 1. The predicted octanol–water partition coefficient (Wildman–Crippen LogP) is 4.97. The second kappa shape index (κ2) is 6.90. The SMILES string of the molecule is CCn1c(C2CCN(c3nc4cc(C(F)(F)F)ccc4s3)CC2)n[nH]c1=S. The molecule has 4 rings (SSSR count). The van der Waals surface area contributed by atoms with E-state index in [1.165, 1.54) is 17.4 Å². The van der Waals surface area contributed by atoms with Gasteiger partial charge in [0.1, 0.15) is 5.82 Å². The van der Waals surface area contributed by atoms with Crippen LogP contribution in [0.2, 0.25) is 0 Å². The van der Waals surface area contributed by atoms with Crippen LogP contribution < -0.4 is 4.90 Å². The maximum Gasteiger partial charge on any atom is 0.416 e. The molecule has 0 saturated carbocycles. The van der Waals surface area contributed by atoms with Crippen molar-refractivity contribution in [2.24, 2.45) is 0 Å². The second-order valence-corrected chi connectivity index (χ2v) is 7.97. The largest absolute Gasteiger partial charge is 0.416 e. The fourth-order valence-corrected chi connectivity index (χ4v) is 4.77. The van der Waals surface area contributed by atoms with Crippen LogP contribution in [0.3, 0.4) is 0 Å².